The van der Waals surface area contributed by atoms with Crippen molar-refractivity contribution < 1.29 is 18.8 Å². The molecule has 0 atom stereocenters. The lowest BCUT2D eigenvalue weighted by molar-refractivity contribution is -0.385. The van der Waals surface area contributed by atoms with Crippen molar-refractivity contribution in [3.8, 4) is 0 Å². The van der Waals surface area contributed by atoms with E-state index >= 15 is 0 Å². The Kier molecular flexibility index (Phi) is 6.26. The maximum absolute atomic E-state index is 13.6. The van der Waals surface area contributed by atoms with Gasteiger partial charge in [0.25, 0.3) is 5.69 Å². The molecule has 112 valence electrons. The maximum atomic E-state index is 13.6. The van der Waals surface area contributed by atoms with E-state index in [9.17, 15) is 19.3 Å². The second-order valence-electron chi connectivity index (χ2n) is 3.87. The normalized spacial score (nSPS) is 12.8. The molecule has 0 radical (unpaired) electrons. The number of halogens is 1. The molecule has 1 aromatic carbocycles. The van der Waals surface area contributed by atoms with E-state index in [0.29, 0.717) is 6.42 Å². The number of hydrogen-bond acceptors (Lipinski definition) is 4. The van der Waals surface area contributed by atoms with Crippen molar-refractivity contribution in [1.29, 1.82) is 0 Å². The molecule has 0 amide bonds. The molecule has 6 heteroatoms. The fourth-order valence-corrected chi connectivity index (χ4v) is 1.69. The van der Waals surface area contributed by atoms with Crippen molar-refractivity contribution in [2.45, 2.75) is 26.7 Å². The zero-order chi connectivity index (χ0) is 15.8. The molecule has 0 aromatic heterocycles. The van der Waals surface area contributed by atoms with Gasteiger partial charge in [-0.05, 0) is 31.1 Å². The van der Waals surface area contributed by atoms with Gasteiger partial charge in [-0.25, -0.2) is 9.18 Å². The summed E-state index contributed by atoms with van der Waals surface area (Å²) in [6.45, 7) is 4.00. The predicted molar refractivity (Wildman–Crippen MR) is 76.3 cm³/mol. The zero-order valence-corrected chi connectivity index (χ0v) is 11.8. The first-order chi connectivity index (χ1) is 10.1. The van der Waals surface area contributed by atoms with Gasteiger partial charge >= 0.3 is 5.97 Å². The second-order valence-corrected chi connectivity index (χ2v) is 3.87. The molecule has 0 saturated carbocycles. The summed E-state index contributed by atoms with van der Waals surface area (Å²) in [6, 6.07) is 3.21. The molecule has 0 saturated heterocycles. The zero-order valence-electron chi connectivity index (χ0n) is 11.8. The minimum atomic E-state index is -1.07. The van der Waals surface area contributed by atoms with Crippen LogP contribution in [0.3, 0.4) is 0 Å². The van der Waals surface area contributed by atoms with E-state index in [1.54, 1.807) is 18.2 Å². The third kappa shape index (κ3) is 4.24. The first-order valence-electron chi connectivity index (χ1n) is 6.61. The van der Waals surface area contributed by atoms with Crippen LogP contribution in [0.15, 0.2) is 42.2 Å². The van der Waals surface area contributed by atoms with Gasteiger partial charge in [0.05, 0.1) is 4.92 Å². The number of rotatable bonds is 3. The van der Waals surface area contributed by atoms with Gasteiger partial charge in [0.2, 0.25) is 0 Å². The number of carbonyl (C=O) groups excluding carboxylic acids is 1. The number of carbonyl (C=O) groups is 1. The number of benzene rings is 1. The Hall–Kier alpha value is -2.50. The summed E-state index contributed by atoms with van der Waals surface area (Å²) >= 11 is 0. The van der Waals surface area contributed by atoms with E-state index in [4.69, 9.17) is 4.74 Å². The number of esters is 1. The third-order valence-corrected chi connectivity index (χ3v) is 2.56. The highest BCUT2D eigenvalue weighted by Crippen LogP contribution is 2.23. The molecular weight excluding hydrogens is 277 g/mol. The fraction of sp³-hybridized carbons (Fsp3) is 0.267. The van der Waals surface area contributed by atoms with E-state index in [1.165, 1.54) is 6.07 Å². The van der Waals surface area contributed by atoms with Gasteiger partial charge in [-0.3, -0.25) is 10.1 Å². The Morgan fingerprint density at radius 3 is 2.62 bits per heavy atom. The molecule has 1 aliphatic rings. The standard InChI is InChI=1S/C13H10FNO4.C2H6/c14-10-7-4-8-11(15(17)18)12(10)13(16)19-9-5-2-1-3-6-9;1-2/h2,4-8H,1,3H2;1-2H3. The highest BCUT2D eigenvalue weighted by molar-refractivity contribution is 5.94. The highest BCUT2D eigenvalue weighted by Gasteiger charge is 2.26. The van der Waals surface area contributed by atoms with Crippen LogP contribution < -0.4 is 0 Å². The Morgan fingerprint density at radius 2 is 2.05 bits per heavy atom. The number of nitro groups is 1. The van der Waals surface area contributed by atoms with Crippen LogP contribution in [-0.2, 0) is 4.74 Å². The molecule has 0 spiro atoms. The Bertz CT molecular complexity index is 593. The van der Waals surface area contributed by atoms with Crippen LogP contribution in [0.5, 0.6) is 0 Å². The Balaban J connectivity index is 0.00000106. The number of hydrogen-bond donors (Lipinski definition) is 0. The summed E-state index contributed by atoms with van der Waals surface area (Å²) in [6.07, 6.45) is 6.59. The largest absolute Gasteiger partial charge is 0.423 e. The minimum absolute atomic E-state index is 0.272. The molecule has 0 fully saturated rings. The first-order valence-corrected chi connectivity index (χ1v) is 6.61. The molecule has 0 aliphatic heterocycles. The lowest BCUT2D eigenvalue weighted by atomic mass is 10.1. The summed E-state index contributed by atoms with van der Waals surface area (Å²) < 4.78 is 18.5. The van der Waals surface area contributed by atoms with Gasteiger partial charge in [0.15, 0.2) is 5.56 Å². The van der Waals surface area contributed by atoms with Gasteiger partial charge in [-0.2, -0.15) is 0 Å². The predicted octanol–water partition coefficient (Wildman–Crippen LogP) is 4.15. The summed E-state index contributed by atoms with van der Waals surface area (Å²) in [7, 11) is 0. The first kappa shape index (κ1) is 16.6. The van der Waals surface area contributed by atoms with Gasteiger partial charge < -0.3 is 4.74 Å². The van der Waals surface area contributed by atoms with Crippen molar-refractivity contribution >= 4 is 11.7 Å². The van der Waals surface area contributed by atoms with Gasteiger partial charge in [0, 0.05) is 6.07 Å². The van der Waals surface area contributed by atoms with E-state index in [-0.39, 0.29) is 5.76 Å². The van der Waals surface area contributed by atoms with Crippen LogP contribution >= 0.6 is 0 Å². The highest BCUT2D eigenvalue weighted by atomic mass is 19.1. The summed E-state index contributed by atoms with van der Waals surface area (Å²) in [4.78, 5) is 21.8. The molecule has 0 heterocycles. The molecule has 0 unspecified atom stereocenters. The third-order valence-electron chi connectivity index (χ3n) is 2.56. The van der Waals surface area contributed by atoms with Crippen LogP contribution in [0.1, 0.15) is 37.0 Å². The summed E-state index contributed by atoms with van der Waals surface area (Å²) in [5.74, 6) is -1.77. The van der Waals surface area contributed by atoms with Crippen molar-refractivity contribution in [2.75, 3.05) is 0 Å². The minimum Gasteiger partial charge on any atom is -0.423 e. The maximum Gasteiger partial charge on any atom is 0.353 e. The summed E-state index contributed by atoms with van der Waals surface area (Å²) in [5, 5.41) is 10.8. The van der Waals surface area contributed by atoms with Crippen molar-refractivity contribution in [3.05, 3.63) is 63.7 Å². The molecule has 1 aromatic rings. The number of nitro benzene ring substituents is 1. The Morgan fingerprint density at radius 1 is 1.33 bits per heavy atom. The topological polar surface area (TPSA) is 69.4 Å². The lowest BCUT2D eigenvalue weighted by Crippen LogP contribution is -2.10. The van der Waals surface area contributed by atoms with Crippen LogP contribution in [-0.4, -0.2) is 10.9 Å². The van der Waals surface area contributed by atoms with Crippen LogP contribution in [0.25, 0.3) is 0 Å². The van der Waals surface area contributed by atoms with E-state index < -0.39 is 28.0 Å². The number of ether oxygens (including phenoxy) is 1. The molecule has 21 heavy (non-hydrogen) atoms. The monoisotopic (exact) mass is 293 g/mol. The molecule has 2 rings (SSSR count). The molecule has 0 N–H and O–H groups in total. The SMILES string of the molecule is CC.O=C(OC1=CCCC=C1)c1c(F)cccc1[N+](=O)[O-]. The molecule has 0 bridgehead atoms. The number of allylic oxidation sites excluding steroid dienone is 3. The lowest BCUT2D eigenvalue weighted by Gasteiger charge is -2.08. The van der Waals surface area contributed by atoms with E-state index in [0.717, 1.165) is 18.6 Å². The van der Waals surface area contributed by atoms with Crippen LogP contribution in [0, 0.1) is 15.9 Å². The van der Waals surface area contributed by atoms with Crippen molar-refractivity contribution in [1.82, 2.24) is 0 Å². The number of nitrogens with zero attached hydrogens (tertiary/aromatic N) is 1. The van der Waals surface area contributed by atoms with E-state index in [1.807, 2.05) is 13.8 Å². The molecular formula is C15H16FNO4. The van der Waals surface area contributed by atoms with Crippen molar-refractivity contribution in [3.63, 3.8) is 0 Å². The van der Waals surface area contributed by atoms with Gasteiger partial charge in [-0.15, -0.1) is 0 Å². The smallest absolute Gasteiger partial charge is 0.353 e. The second kappa shape index (κ2) is 7.94. The van der Waals surface area contributed by atoms with Crippen LogP contribution in [0.4, 0.5) is 10.1 Å². The average Bonchev–Trinajstić information content (AvgIpc) is 2.49. The van der Waals surface area contributed by atoms with Crippen molar-refractivity contribution in [2.24, 2.45) is 0 Å². The molecule has 1 aliphatic carbocycles. The van der Waals surface area contributed by atoms with Gasteiger partial charge in [0.1, 0.15) is 11.6 Å². The van der Waals surface area contributed by atoms with Crippen LogP contribution in [0.2, 0.25) is 0 Å². The average molecular weight is 293 g/mol. The molecule has 5 nitrogen and oxygen atoms in total. The quantitative estimate of drug-likeness (QED) is 0.477. The van der Waals surface area contributed by atoms with Gasteiger partial charge in [-0.1, -0.05) is 26.0 Å². The van der Waals surface area contributed by atoms with E-state index in [2.05, 4.69) is 0 Å². The summed E-state index contributed by atoms with van der Waals surface area (Å²) in [5.41, 5.74) is -1.27. The fourth-order valence-electron chi connectivity index (χ4n) is 1.69. The Labute approximate surface area is 121 Å².